The average Bonchev–Trinajstić information content (AvgIpc) is 3.20. The first-order valence-electron chi connectivity index (χ1n) is 8.64. The van der Waals surface area contributed by atoms with Gasteiger partial charge in [0.05, 0.1) is 5.54 Å². The number of aryl methyl sites for hydroxylation is 1. The second-order valence-corrected chi connectivity index (χ2v) is 6.70. The molecule has 1 heterocycles. The zero-order valence-electron chi connectivity index (χ0n) is 13.0. The molecule has 0 atom stereocenters. The molecule has 1 aliphatic carbocycles. The fraction of sp³-hybridized carbons (Fsp3) is 0.632. The predicted molar refractivity (Wildman–Crippen MR) is 86.4 cm³/mol. The maximum Gasteiger partial charge on any atom is 0.153 e. The van der Waals surface area contributed by atoms with Crippen LogP contribution in [0.5, 0.6) is 0 Å². The van der Waals surface area contributed by atoms with E-state index in [1.54, 1.807) is 0 Å². The van der Waals surface area contributed by atoms with Crippen molar-refractivity contribution in [3.8, 4) is 0 Å². The van der Waals surface area contributed by atoms with Crippen LogP contribution in [0.4, 0.5) is 0 Å². The van der Waals surface area contributed by atoms with Gasteiger partial charge in [-0.3, -0.25) is 9.69 Å². The molecule has 1 saturated carbocycles. The van der Waals surface area contributed by atoms with Crippen LogP contribution in [0.3, 0.4) is 0 Å². The second-order valence-electron chi connectivity index (χ2n) is 6.70. The van der Waals surface area contributed by atoms with Crippen molar-refractivity contribution in [2.24, 2.45) is 0 Å². The largest absolute Gasteiger partial charge is 0.298 e. The van der Waals surface area contributed by atoms with E-state index in [-0.39, 0.29) is 5.54 Å². The number of carbonyl (C=O) groups is 1. The molecule has 0 unspecified atom stereocenters. The molecular formula is C19H27NO. The Balaban J connectivity index is 1.57. The third-order valence-corrected chi connectivity index (χ3v) is 5.37. The van der Waals surface area contributed by atoms with E-state index in [1.165, 1.54) is 31.2 Å². The number of likely N-dealkylation sites (tertiary alicyclic amines) is 1. The highest BCUT2D eigenvalue weighted by atomic mass is 16.1. The summed E-state index contributed by atoms with van der Waals surface area (Å²) in [5.74, 6) is 0.526. The van der Waals surface area contributed by atoms with Crippen molar-refractivity contribution in [1.29, 1.82) is 0 Å². The summed E-state index contributed by atoms with van der Waals surface area (Å²) < 4.78 is 0. The lowest BCUT2D eigenvalue weighted by Crippen LogP contribution is -2.51. The number of benzene rings is 1. The third-order valence-electron chi connectivity index (χ3n) is 5.37. The minimum Gasteiger partial charge on any atom is -0.298 e. The van der Waals surface area contributed by atoms with Crippen LogP contribution in [0.15, 0.2) is 30.3 Å². The molecule has 2 heteroatoms. The van der Waals surface area contributed by atoms with Gasteiger partial charge < -0.3 is 0 Å². The normalized spacial score (nSPS) is 21.7. The third kappa shape index (κ3) is 3.21. The lowest BCUT2D eigenvalue weighted by atomic mass is 9.87. The van der Waals surface area contributed by atoms with E-state index in [0.717, 1.165) is 45.2 Å². The molecule has 1 aliphatic heterocycles. The minimum absolute atomic E-state index is 0.0762. The first kappa shape index (κ1) is 14.8. The molecule has 1 aromatic rings. The summed E-state index contributed by atoms with van der Waals surface area (Å²) in [4.78, 5) is 15.4. The molecule has 3 rings (SSSR count). The van der Waals surface area contributed by atoms with Crippen molar-refractivity contribution in [3.63, 3.8) is 0 Å². The van der Waals surface area contributed by atoms with Crippen molar-refractivity contribution in [3.05, 3.63) is 35.9 Å². The standard InChI is InChI=1S/C19H27NO/c21-18(12-8-11-17-9-2-1-3-10-17)19(13-4-5-14-19)20-15-6-7-16-20/h1-3,9-10H,4-8,11-16H2. The van der Waals surface area contributed by atoms with E-state index in [0.29, 0.717) is 5.78 Å². The smallest absolute Gasteiger partial charge is 0.153 e. The van der Waals surface area contributed by atoms with Crippen LogP contribution in [-0.2, 0) is 11.2 Å². The molecule has 2 nitrogen and oxygen atoms in total. The van der Waals surface area contributed by atoms with Crippen molar-refractivity contribution < 1.29 is 4.79 Å². The van der Waals surface area contributed by atoms with Crippen molar-refractivity contribution in [1.82, 2.24) is 4.90 Å². The van der Waals surface area contributed by atoms with E-state index in [4.69, 9.17) is 0 Å². The quantitative estimate of drug-likeness (QED) is 0.787. The molecule has 0 amide bonds. The van der Waals surface area contributed by atoms with E-state index in [9.17, 15) is 4.79 Å². The van der Waals surface area contributed by atoms with Gasteiger partial charge in [0, 0.05) is 6.42 Å². The Labute approximate surface area is 128 Å². The Morgan fingerprint density at radius 1 is 1.00 bits per heavy atom. The SMILES string of the molecule is O=C(CCCc1ccccc1)C1(N2CCCC2)CCCC1. The summed E-state index contributed by atoms with van der Waals surface area (Å²) in [7, 11) is 0. The number of rotatable bonds is 6. The highest BCUT2D eigenvalue weighted by Crippen LogP contribution is 2.39. The van der Waals surface area contributed by atoms with Crippen molar-refractivity contribution >= 4 is 5.78 Å². The van der Waals surface area contributed by atoms with Gasteiger partial charge in [0.1, 0.15) is 0 Å². The topological polar surface area (TPSA) is 20.3 Å². The van der Waals surface area contributed by atoms with Gasteiger partial charge in [-0.15, -0.1) is 0 Å². The number of hydrogen-bond acceptors (Lipinski definition) is 2. The minimum atomic E-state index is -0.0762. The average molecular weight is 285 g/mol. The van der Waals surface area contributed by atoms with Crippen molar-refractivity contribution in [2.75, 3.05) is 13.1 Å². The fourth-order valence-electron chi connectivity index (χ4n) is 4.21. The lowest BCUT2D eigenvalue weighted by molar-refractivity contribution is -0.130. The Morgan fingerprint density at radius 3 is 2.33 bits per heavy atom. The molecule has 21 heavy (non-hydrogen) atoms. The molecule has 1 saturated heterocycles. The van der Waals surface area contributed by atoms with E-state index < -0.39 is 0 Å². The molecule has 0 N–H and O–H groups in total. The lowest BCUT2D eigenvalue weighted by Gasteiger charge is -2.37. The zero-order chi connectivity index (χ0) is 14.5. The van der Waals surface area contributed by atoms with Gasteiger partial charge >= 0.3 is 0 Å². The Hall–Kier alpha value is -1.15. The summed E-state index contributed by atoms with van der Waals surface area (Å²) in [6.45, 7) is 2.29. The molecular weight excluding hydrogens is 258 g/mol. The number of nitrogens with zero attached hydrogens (tertiary/aromatic N) is 1. The van der Waals surface area contributed by atoms with Crippen LogP contribution in [-0.4, -0.2) is 29.3 Å². The van der Waals surface area contributed by atoms with Gasteiger partial charge in [-0.25, -0.2) is 0 Å². The highest BCUT2D eigenvalue weighted by molar-refractivity contribution is 5.88. The summed E-state index contributed by atoms with van der Waals surface area (Å²) >= 11 is 0. The molecule has 2 fully saturated rings. The maximum absolute atomic E-state index is 12.9. The van der Waals surface area contributed by atoms with Crippen LogP contribution < -0.4 is 0 Å². The Kier molecular flexibility index (Phi) is 4.74. The summed E-state index contributed by atoms with van der Waals surface area (Å²) in [6.07, 6.45) is 10.0. The molecule has 0 bridgehead atoms. The van der Waals surface area contributed by atoms with Gasteiger partial charge in [-0.2, -0.15) is 0 Å². The number of Topliss-reactive ketones (excluding diaryl/α,β-unsaturated/α-hetero) is 1. The van der Waals surface area contributed by atoms with Crippen LogP contribution in [0.25, 0.3) is 0 Å². The molecule has 0 spiro atoms. The van der Waals surface area contributed by atoms with E-state index >= 15 is 0 Å². The number of hydrogen-bond donors (Lipinski definition) is 0. The van der Waals surface area contributed by atoms with Gasteiger partial charge in [0.2, 0.25) is 0 Å². The summed E-state index contributed by atoms with van der Waals surface area (Å²) in [5, 5.41) is 0. The fourth-order valence-corrected chi connectivity index (χ4v) is 4.21. The van der Waals surface area contributed by atoms with Gasteiger partial charge in [0.15, 0.2) is 5.78 Å². The van der Waals surface area contributed by atoms with Crippen molar-refractivity contribution in [2.45, 2.75) is 63.3 Å². The monoisotopic (exact) mass is 285 g/mol. The highest BCUT2D eigenvalue weighted by Gasteiger charge is 2.45. The molecule has 0 aromatic heterocycles. The van der Waals surface area contributed by atoms with Gasteiger partial charge in [-0.1, -0.05) is 43.2 Å². The zero-order valence-corrected chi connectivity index (χ0v) is 13.0. The van der Waals surface area contributed by atoms with Crippen LogP contribution in [0.2, 0.25) is 0 Å². The molecule has 1 aromatic carbocycles. The predicted octanol–water partition coefficient (Wildman–Crippen LogP) is 3.99. The summed E-state index contributed by atoms with van der Waals surface area (Å²) in [6, 6.07) is 10.5. The van der Waals surface area contributed by atoms with E-state index in [2.05, 4.69) is 35.2 Å². The molecule has 0 radical (unpaired) electrons. The molecule has 114 valence electrons. The number of ketones is 1. The van der Waals surface area contributed by atoms with Gasteiger partial charge in [-0.05, 0) is 57.2 Å². The molecule has 2 aliphatic rings. The number of carbonyl (C=O) groups excluding carboxylic acids is 1. The first-order chi connectivity index (χ1) is 10.3. The Morgan fingerprint density at radius 2 is 1.67 bits per heavy atom. The second kappa shape index (κ2) is 6.74. The first-order valence-corrected chi connectivity index (χ1v) is 8.64. The Bertz CT molecular complexity index is 456. The van der Waals surface area contributed by atoms with Crippen LogP contribution >= 0.6 is 0 Å². The van der Waals surface area contributed by atoms with Gasteiger partial charge in [0.25, 0.3) is 0 Å². The van der Waals surface area contributed by atoms with E-state index in [1.807, 2.05) is 0 Å². The van der Waals surface area contributed by atoms with Crippen LogP contribution in [0, 0.1) is 0 Å². The maximum atomic E-state index is 12.9. The summed E-state index contributed by atoms with van der Waals surface area (Å²) in [5.41, 5.74) is 1.28. The van der Waals surface area contributed by atoms with Crippen LogP contribution in [0.1, 0.15) is 56.9 Å².